The maximum Gasteiger partial charge on any atom is 0.122 e. The Morgan fingerprint density at radius 3 is 2.39 bits per heavy atom. The summed E-state index contributed by atoms with van der Waals surface area (Å²) in [6.45, 7) is 5.53. The first kappa shape index (κ1) is 21.6. The monoisotopic (exact) mass is 417 g/mol. The first-order valence-corrected chi connectivity index (χ1v) is 11.1. The van der Waals surface area contributed by atoms with Gasteiger partial charge in [0.05, 0.1) is 13.2 Å². The number of hydrogen-bond donors (Lipinski definition) is 1. The van der Waals surface area contributed by atoms with Crippen molar-refractivity contribution >= 4 is 0 Å². The van der Waals surface area contributed by atoms with Crippen LogP contribution in [0.5, 0.6) is 5.75 Å². The molecule has 0 aromatic heterocycles. The van der Waals surface area contributed by atoms with Gasteiger partial charge in [-0.3, -0.25) is 4.90 Å². The number of nitrogens with zero attached hydrogens (tertiary/aromatic N) is 1. The largest absolute Gasteiger partial charge is 0.494 e. The molecule has 0 saturated carbocycles. The van der Waals surface area contributed by atoms with E-state index in [0.717, 1.165) is 30.0 Å². The quantitative estimate of drug-likeness (QED) is 0.589. The third-order valence-electron chi connectivity index (χ3n) is 5.94. The van der Waals surface area contributed by atoms with E-state index in [2.05, 4.69) is 29.2 Å². The molecule has 0 spiro atoms. The van der Waals surface area contributed by atoms with Crippen LogP contribution in [-0.4, -0.2) is 42.4 Å². The molecule has 0 unspecified atom stereocenters. The van der Waals surface area contributed by atoms with Gasteiger partial charge in [0, 0.05) is 26.1 Å². The molecule has 1 aliphatic rings. The summed E-state index contributed by atoms with van der Waals surface area (Å²) in [6.07, 6.45) is 0.0823. The van der Waals surface area contributed by atoms with Gasteiger partial charge in [0.1, 0.15) is 17.5 Å². The van der Waals surface area contributed by atoms with Gasteiger partial charge in [-0.15, -0.1) is 0 Å². The maximum absolute atomic E-state index is 12.1. The van der Waals surface area contributed by atoms with Crippen LogP contribution in [0.2, 0.25) is 0 Å². The molecule has 0 amide bonds. The van der Waals surface area contributed by atoms with E-state index in [4.69, 9.17) is 9.47 Å². The number of ether oxygens (including phenoxy) is 2. The summed E-state index contributed by atoms with van der Waals surface area (Å²) >= 11 is 0. The minimum atomic E-state index is -1.16. The van der Waals surface area contributed by atoms with Crippen LogP contribution >= 0.6 is 0 Å². The Morgan fingerprint density at radius 2 is 1.65 bits per heavy atom. The topological polar surface area (TPSA) is 41.9 Å². The Kier molecular flexibility index (Phi) is 7.03. The molecule has 0 bridgehead atoms. The third kappa shape index (κ3) is 5.16. The Labute approximate surface area is 185 Å². The summed E-state index contributed by atoms with van der Waals surface area (Å²) in [4.78, 5) is 2.37. The summed E-state index contributed by atoms with van der Waals surface area (Å²) in [7, 11) is 0. The van der Waals surface area contributed by atoms with Gasteiger partial charge < -0.3 is 14.6 Å². The summed E-state index contributed by atoms with van der Waals surface area (Å²) < 4.78 is 12.0. The van der Waals surface area contributed by atoms with E-state index >= 15 is 0 Å². The molecule has 4 nitrogen and oxygen atoms in total. The van der Waals surface area contributed by atoms with Crippen molar-refractivity contribution in [3.63, 3.8) is 0 Å². The van der Waals surface area contributed by atoms with Gasteiger partial charge in [-0.05, 0) is 29.7 Å². The minimum Gasteiger partial charge on any atom is -0.494 e. The lowest BCUT2D eigenvalue weighted by Crippen LogP contribution is -2.53. The van der Waals surface area contributed by atoms with Crippen LogP contribution in [-0.2, 0) is 23.3 Å². The van der Waals surface area contributed by atoms with E-state index in [9.17, 15) is 5.11 Å². The van der Waals surface area contributed by atoms with Crippen molar-refractivity contribution in [2.45, 2.75) is 31.6 Å². The average Bonchev–Trinajstić information content (AvgIpc) is 2.82. The van der Waals surface area contributed by atoms with E-state index in [1.165, 1.54) is 5.56 Å². The smallest absolute Gasteiger partial charge is 0.122 e. The van der Waals surface area contributed by atoms with Gasteiger partial charge in [0.2, 0.25) is 0 Å². The highest BCUT2D eigenvalue weighted by Gasteiger charge is 2.42. The van der Waals surface area contributed by atoms with Crippen molar-refractivity contribution in [2.24, 2.45) is 0 Å². The van der Waals surface area contributed by atoms with Crippen molar-refractivity contribution in [1.29, 1.82) is 0 Å². The highest BCUT2D eigenvalue weighted by molar-refractivity contribution is 5.37. The molecule has 1 fully saturated rings. The molecule has 1 N–H and O–H groups in total. The lowest BCUT2D eigenvalue weighted by atomic mass is 9.81. The van der Waals surface area contributed by atoms with Crippen molar-refractivity contribution in [1.82, 2.24) is 4.90 Å². The third-order valence-corrected chi connectivity index (χ3v) is 5.94. The molecular formula is C27H31NO3. The van der Waals surface area contributed by atoms with Crippen molar-refractivity contribution in [2.75, 3.05) is 26.3 Å². The van der Waals surface area contributed by atoms with Gasteiger partial charge >= 0.3 is 0 Å². The normalized spacial score (nSPS) is 19.0. The molecule has 0 radical (unpaired) electrons. The van der Waals surface area contributed by atoms with Crippen LogP contribution in [0.1, 0.15) is 23.6 Å². The van der Waals surface area contributed by atoms with Crippen LogP contribution in [0.25, 0.3) is 0 Å². The molecule has 3 aromatic carbocycles. The van der Waals surface area contributed by atoms with Crippen LogP contribution in [0.3, 0.4) is 0 Å². The molecule has 4 heteroatoms. The Balaban J connectivity index is 1.62. The summed E-state index contributed by atoms with van der Waals surface area (Å²) in [5.74, 6) is 0.816. The zero-order chi connectivity index (χ0) is 21.5. The molecule has 4 rings (SSSR count). The van der Waals surface area contributed by atoms with E-state index in [-0.39, 0.29) is 6.10 Å². The minimum absolute atomic E-state index is 0.345. The second-order valence-electron chi connectivity index (χ2n) is 8.09. The lowest BCUT2D eigenvalue weighted by Gasteiger charge is -2.42. The molecule has 3 aromatic rings. The molecule has 1 aliphatic heterocycles. The molecule has 1 heterocycles. The maximum atomic E-state index is 12.1. The van der Waals surface area contributed by atoms with E-state index in [1.54, 1.807) is 0 Å². The molecule has 1 saturated heterocycles. The van der Waals surface area contributed by atoms with Crippen molar-refractivity contribution < 1.29 is 14.6 Å². The van der Waals surface area contributed by atoms with Crippen LogP contribution in [0, 0.1) is 0 Å². The summed E-state index contributed by atoms with van der Waals surface area (Å²) in [6, 6.07) is 28.3. The fourth-order valence-electron chi connectivity index (χ4n) is 4.34. The van der Waals surface area contributed by atoms with Gasteiger partial charge in [-0.25, -0.2) is 0 Å². The average molecular weight is 418 g/mol. The second kappa shape index (κ2) is 10.1. The molecule has 2 atom stereocenters. The van der Waals surface area contributed by atoms with E-state index in [1.807, 2.05) is 67.6 Å². The van der Waals surface area contributed by atoms with Crippen LogP contribution < -0.4 is 4.74 Å². The summed E-state index contributed by atoms with van der Waals surface area (Å²) in [5.41, 5.74) is 1.96. The number of morpholine rings is 1. The fourth-order valence-corrected chi connectivity index (χ4v) is 4.34. The van der Waals surface area contributed by atoms with Gasteiger partial charge in [0.15, 0.2) is 0 Å². The molecule has 0 aliphatic carbocycles. The predicted molar refractivity (Wildman–Crippen MR) is 123 cm³/mol. The zero-order valence-corrected chi connectivity index (χ0v) is 18.1. The second-order valence-corrected chi connectivity index (χ2v) is 8.09. The lowest BCUT2D eigenvalue weighted by molar-refractivity contribution is -0.150. The molecular weight excluding hydrogens is 386 g/mol. The molecule has 162 valence electrons. The first-order valence-electron chi connectivity index (χ1n) is 11.1. The van der Waals surface area contributed by atoms with Crippen LogP contribution in [0.4, 0.5) is 0 Å². The number of benzene rings is 3. The zero-order valence-electron chi connectivity index (χ0n) is 18.1. The van der Waals surface area contributed by atoms with Gasteiger partial charge in [0.25, 0.3) is 0 Å². The number of hydrogen-bond acceptors (Lipinski definition) is 4. The molecule has 31 heavy (non-hydrogen) atoms. The summed E-state index contributed by atoms with van der Waals surface area (Å²) in [5, 5.41) is 12.1. The van der Waals surface area contributed by atoms with Crippen molar-refractivity contribution in [3.05, 3.63) is 102 Å². The highest BCUT2D eigenvalue weighted by Crippen LogP contribution is 2.35. The Bertz CT molecular complexity index is 947. The standard InChI is InChI=1S/C27H31NO3/c1-2-30-25-16-10-9-13-23(25)19-27(29,24-14-7-4-8-15-24)26-21-28(17-18-31-26)20-22-11-5-3-6-12-22/h3-16,26,29H,2,17-21H2,1H3/t26-,27+/m0/s1. The Morgan fingerprint density at radius 1 is 0.968 bits per heavy atom. The van der Waals surface area contributed by atoms with E-state index in [0.29, 0.717) is 26.2 Å². The first-order chi connectivity index (χ1) is 15.2. The highest BCUT2D eigenvalue weighted by atomic mass is 16.5. The van der Waals surface area contributed by atoms with Gasteiger partial charge in [-0.1, -0.05) is 78.9 Å². The predicted octanol–water partition coefficient (Wildman–Crippen LogP) is 4.42. The van der Waals surface area contributed by atoms with Crippen molar-refractivity contribution in [3.8, 4) is 5.75 Å². The fraction of sp³-hybridized carbons (Fsp3) is 0.333. The number of rotatable bonds is 8. The van der Waals surface area contributed by atoms with Crippen LogP contribution in [0.15, 0.2) is 84.9 Å². The van der Waals surface area contributed by atoms with Gasteiger partial charge in [-0.2, -0.15) is 0 Å². The Hall–Kier alpha value is -2.66. The number of aliphatic hydroxyl groups is 1. The van der Waals surface area contributed by atoms with E-state index < -0.39 is 5.60 Å². The number of para-hydroxylation sites is 1. The SMILES string of the molecule is CCOc1ccccc1C[C@@](O)(c1ccccc1)[C@@H]1CN(Cc2ccccc2)CCO1.